The summed E-state index contributed by atoms with van der Waals surface area (Å²) in [6.45, 7) is 0. The maximum Gasteiger partial charge on any atom is 0.248 e. The lowest BCUT2D eigenvalue weighted by Crippen LogP contribution is -2.23. The fourth-order valence-corrected chi connectivity index (χ4v) is 3.72. The lowest BCUT2D eigenvalue weighted by atomic mass is 10.2. The molecule has 8 heteroatoms. The van der Waals surface area contributed by atoms with E-state index in [0.717, 1.165) is 15.3 Å². The fraction of sp³-hybridized carbons (Fsp3) is 0.190. The lowest BCUT2D eigenvalue weighted by molar-refractivity contribution is -0.111. The first kappa shape index (κ1) is 20.6. The molecule has 0 aliphatic rings. The topological polar surface area (TPSA) is 82.9 Å². The van der Waals surface area contributed by atoms with Crippen LogP contribution in [0.1, 0.15) is 5.76 Å². The minimum absolute atomic E-state index is 0.102. The van der Waals surface area contributed by atoms with Crippen LogP contribution in [0.3, 0.4) is 0 Å². The van der Waals surface area contributed by atoms with Gasteiger partial charge in [-0.3, -0.25) is 4.79 Å². The second-order valence-corrected chi connectivity index (χ2v) is 9.02. The van der Waals surface area contributed by atoms with Gasteiger partial charge in [-0.1, -0.05) is 18.2 Å². The number of furan rings is 1. The second kappa shape index (κ2) is 8.10. The fourth-order valence-electron chi connectivity index (χ4n) is 2.79. The zero-order valence-corrected chi connectivity index (χ0v) is 17.5. The number of nitrogens with one attached hydrogen (secondary N) is 1. The predicted molar refractivity (Wildman–Crippen MR) is 116 cm³/mol. The molecule has 0 radical (unpaired) electrons. The highest BCUT2D eigenvalue weighted by Gasteiger charge is 2.19. The summed E-state index contributed by atoms with van der Waals surface area (Å²) in [4.78, 5) is 14.4. The quantitative estimate of drug-likeness (QED) is 0.626. The predicted octanol–water partition coefficient (Wildman–Crippen LogP) is 3.40. The van der Waals surface area contributed by atoms with Crippen LogP contribution in [0.2, 0.25) is 0 Å². The molecule has 29 heavy (non-hydrogen) atoms. The van der Waals surface area contributed by atoms with E-state index in [9.17, 15) is 13.2 Å². The summed E-state index contributed by atoms with van der Waals surface area (Å²) in [7, 11) is 2.94. The third-order valence-corrected chi connectivity index (χ3v) is 6.14. The Morgan fingerprint density at radius 3 is 2.41 bits per heavy atom. The summed E-state index contributed by atoms with van der Waals surface area (Å²) in [6, 6.07) is 14.0. The zero-order valence-electron chi connectivity index (χ0n) is 16.7. The van der Waals surface area contributed by atoms with Crippen molar-refractivity contribution in [3.8, 4) is 0 Å². The van der Waals surface area contributed by atoms with Crippen molar-refractivity contribution in [2.75, 3.05) is 38.4 Å². The van der Waals surface area contributed by atoms with Crippen molar-refractivity contribution < 1.29 is 17.6 Å². The summed E-state index contributed by atoms with van der Waals surface area (Å²) in [5.41, 5.74) is 1.83. The number of nitrogens with zero attached hydrogens (tertiary/aromatic N) is 2. The summed E-state index contributed by atoms with van der Waals surface area (Å²) in [5, 5.41) is 3.70. The van der Waals surface area contributed by atoms with Gasteiger partial charge in [-0.15, -0.1) is 0 Å². The third-order valence-electron chi connectivity index (χ3n) is 4.33. The molecule has 0 atom stereocenters. The van der Waals surface area contributed by atoms with E-state index in [1.54, 1.807) is 17.0 Å². The number of rotatable bonds is 6. The molecule has 3 aromatic rings. The zero-order chi connectivity index (χ0) is 21.2. The number of hydrogen-bond donors (Lipinski definition) is 1. The maximum absolute atomic E-state index is 12.5. The Hall–Kier alpha value is -3.10. The number of fused-ring (bicyclic) bond motifs is 1. The maximum atomic E-state index is 12.5. The van der Waals surface area contributed by atoms with Gasteiger partial charge >= 0.3 is 0 Å². The molecule has 0 unspecified atom stereocenters. The molecule has 0 saturated heterocycles. The van der Waals surface area contributed by atoms with E-state index in [4.69, 9.17) is 4.42 Å². The summed E-state index contributed by atoms with van der Waals surface area (Å²) in [5.74, 6) is 0.158. The van der Waals surface area contributed by atoms with Crippen LogP contribution in [0.25, 0.3) is 17.0 Å². The molecule has 0 bridgehead atoms. The van der Waals surface area contributed by atoms with Crippen LogP contribution in [-0.2, 0) is 14.8 Å². The number of para-hydroxylation sites is 1. The molecule has 1 amide bonds. The number of carbonyl (C=O) groups is 1. The molecule has 0 aliphatic carbocycles. The van der Waals surface area contributed by atoms with Crippen LogP contribution >= 0.6 is 0 Å². The average molecular weight is 413 g/mol. The van der Waals surface area contributed by atoms with Gasteiger partial charge in [-0.25, -0.2) is 12.7 Å². The molecule has 0 spiro atoms. The largest absolute Gasteiger partial charge is 0.457 e. The number of sulfonamides is 1. The Bertz CT molecular complexity index is 1140. The molecule has 0 saturated carbocycles. The van der Waals surface area contributed by atoms with Crippen molar-refractivity contribution in [3.05, 3.63) is 60.4 Å². The van der Waals surface area contributed by atoms with E-state index < -0.39 is 15.9 Å². The smallest absolute Gasteiger partial charge is 0.248 e. The highest BCUT2D eigenvalue weighted by atomic mass is 32.2. The Kier molecular flexibility index (Phi) is 5.76. The highest BCUT2D eigenvalue weighted by molar-refractivity contribution is 7.89. The Labute approximate surface area is 170 Å². The van der Waals surface area contributed by atoms with Gasteiger partial charge in [0.2, 0.25) is 15.9 Å². The Morgan fingerprint density at radius 2 is 1.76 bits per heavy atom. The van der Waals surface area contributed by atoms with Crippen LogP contribution in [-0.4, -0.2) is 46.8 Å². The molecule has 0 fully saturated rings. The molecular weight excluding hydrogens is 390 g/mol. The van der Waals surface area contributed by atoms with Crippen LogP contribution in [0.5, 0.6) is 0 Å². The van der Waals surface area contributed by atoms with Crippen molar-refractivity contribution in [2.24, 2.45) is 0 Å². The molecule has 152 valence electrons. The van der Waals surface area contributed by atoms with E-state index in [-0.39, 0.29) is 4.90 Å². The first-order chi connectivity index (χ1) is 13.7. The van der Waals surface area contributed by atoms with Crippen molar-refractivity contribution in [3.63, 3.8) is 0 Å². The average Bonchev–Trinajstić information content (AvgIpc) is 3.09. The van der Waals surface area contributed by atoms with Crippen LogP contribution < -0.4 is 10.2 Å². The number of carbonyl (C=O) groups excluding carboxylic acids is 1. The number of benzene rings is 2. The molecule has 1 N–H and O–H groups in total. The molecule has 1 aromatic heterocycles. The van der Waals surface area contributed by atoms with Gasteiger partial charge in [-0.05, 0) is 36.4 Å². The van der Waals surface area contributed by atoms with E-state index in [2.05, 4.69) is 5.32 Å². The van der Waals surface area contributed by atoms with Crippen molar-refractivity contribution in [2.45, 2.75) is 4.90 Å². The van der Waals surface area contributed by atoms with Crippen molar-refractivity contribution in [1.29, 1.82) is 0 Å². The summed E-state index contributed by atoms with van der Waals surface area (Å²) < 4.78 is 31.6. The normalized spacial score (nSPS) is 12.0. The van der Waals surface area contributed by atoms with Gasteiger partial charge in [0.15, 0.2) is 0 Å². The number of amides is 1. The lowest BCUT2D eigenvalue weighted by Gasteiger charge is -2.19. The van der Waals surface area contributed by atoms with E-state index in [0.29, 0.717) is 17.1 Å². The first-order valence-corrected chi connectivity index (χ1v) is 10.3. The molecule has 0 aliphatic heterocycles. The van der Waals surface area contributed by atoms with Crippen LogP contribution in [0, 0.1) is 0 Å². The van der Waals surface area contributed by atoms with E-state index in [1.165, 1.54) is 32.3 Å². The SMILES string of the molecule is CN(C)c1ccc(S(=O)(=O)N(C)C)cc1NC(=O)/C=C/c1cc2ccccc2o1. The Balaban J connectivity index is 1.86. The van der Waals surface area contributed by atoms with E-state index >= 15 is 0 Å². The third kappa shape index (κ3) is 4.49. The summed E-state index contributed by atoms with van der Waals surface area (Å²) >= 11 is 0. The van der Waals surface area contributed by atoms with Gasteiger partial charge in [0.05, 0.1) is 16.3 Å². The van der Waals surface area contributed by atoms with Crippen LogP contribution in [0.15, 0.2) is 63.9 Å². The highest BCUT2D eigenvalue weighted by Crippen LogP contribution is 2.28. The van der Waals surface area contributed by atoms with Gasteiger partial charge in [0.25, 0.3) is 0 Å². The number of anilines is 2. The molecular formula is C21H23N3O4S. The van der Waals surface area contributed by atoms with Gasteiger partial charge < -0.3 is 14.6 Å². The number of hydrogen-bond acceptors (Lipinski definition) is 5. The van der Waals surface area contributed by atoms with Gasteiger partial charge in [-0.2, -0.15) is 0 Å². The monoisotopic (exact) mass is 413 g/mol. The minimum Gasteiger partial charge on any atom is -0.457 e. The van der Waals surface area contributed by atoms with Gasteiger partial charge in [0, 0.05) is 39.7 Å². The minimum atomic E-state index is -3.62. The molecule has 2 aromatic carbocycles. The van der Waals surface area contributed by atoms with Crippen molar-refractivity contribution in [1.82, 2.24) is 4.31 Å². The van der Waals surface area contributed by atoms with E-state index in [1.807, 2.05) is 44.4 Å². The Morgan fingerprint density at radius 1 is 1.03 bits per heavy atom. The molecule has 3 rings (SSSR count). The molecule has 1 heterocycles. The second-order valence-electron chi connectivity index (χ2n) is 6.87. The van der Waals surface area contributed by atoms with Crippen molar-refractivity contribution >= 4 is 44.4 Å². The molecule has 7 nitrogen and oxygen atoms in total. The van der Waals surface area contributed by atoms with Gasteiger partial charge in [0.1, 0.15) is 11.3 Å². The van der Waals surface area contributed by atoms with Crippen LogP contribution in [0.4, 0.5) is 11.4 Å². The standard InChI is InChI=1S/C21H23N3O4S/c1-23(2)19-11-10-17(29(26,27)24(3)4)14-18(19)22-21(25)12-9-16-13-15-7-5-6-8-20(15)28-16/h5-14H,1-4H3,(H,22,25)/b12-9+. The first-order valence-electron chi connectivity index (χ1n) is 8.90. The summed E-state index contributed by atoms with van der Waals surface area (Å²) in [6.07, 6.45) is 2.93.